The van der Waals surface area contributed by atoms with E-state index in [1.807, 2.05) is 46.0 Å². The van der Waals surface area contributed by atoms with Gasteiger partial charge < -0.3 is 10.3 Å². The molecule has 1 aromatic carbocycles. The first-order valence-corrected chi connectivity index (χ1v) is 7.26. The minimum absolute atomic E-state index is 0.126. The van der Waals surface area contributed by atoms with Crippen molar-refractivity contribution >= 4 is 16.7 Å². The van der Waals surface area contributed by atoms with Crippen LogP contribution in [-0.2, 0) is 11.2 Å². The normalized spacial score (nSPS) is 13.6. The van der Waals surface area contributed by atoms with Crippen LogP contribution in [0.5, 0.6) is 0 Å². The van der Waals surface area contributed by atoms with Crippen LogP contribution < -0.4 is 5.32 Å². The fourth-order valence-electron chi connectivity index (χ4n) is 2.55. The summed E-state index contributed by atoms with van der Waals surface area (Å²) in [6.07, 6.45) is 2.75. The zero-order chi connectivity index (χ0) is 14.8. The Labute approximate surface area is 120 Å². The highest BCUT2D eigenvalue weighted by molar-refractivity contribution is 5.90. The van der Waals surface area contributed by atoms with Crippen LogP contribution in [0.15, 0.2) is 30.5 Å². The van der Waals surface area contributed by atoms with Gasteiger partial charge in [0.1, 0.15) is 0 Å². The second-order valence-corrected chi connectivity index (χ2v) is 6.29. The van der Waals surface area contributed by atoms with Crippen molar-refractivity contribution in [2.75, 3.05) is 6.54 Å². The Hall–Kier alpha value is -1.61. The number of aromatic nitrogens is 1. The largest absolute Gasteiger partial charge is 0.361 e. The van der Waals surface area contributed by atoms with E-state index < -0.39 is 0 Å². The standard InChI is InChI=1S/C17H24N2O/c1-5-18-15(16(20)17(2,3)4)10-12-11-19-14-9-7-6-8-13(12)14/h6-9,11,15,18-19H,5,10H2,1-4H3. The molecule has 0 saturated heterocycles. The molecule has 0 saturated carbocycles. The topological polar surface area (TPSA) is 44.9 Å². The van der Waals surface area contributed by atoms with E-state index in [1.54, 1.807) is 0 Å². The van der Waals surface area contributed by atoms with E-state index in [1.165, 1.54) is 10.9 Å². The molecule has 20 heavy (non-hydrogen) atoms. The second kappa shape index (κ2) is 5.80. The fraction of sp³-hybridized carbons (Fsp3) is 0.471. The molecule has 2 N–H and O–H groups in total. The van der Waals surface area contributed by atoms with E-state index in [0.717, 1.165) is 18.5 Å². The molecule has 2 aromatic rings. The van der Waals surface area contributed by atoms with Gasteiger partial charge >= 0.3 is 0 Å². The van der Waals surface area contributed by atoms with Gasteiger partial charge in [-0.3, -0.25) is 4.79 Å². The first kappa shape index (κ1) is 14.8. The van der Waals surface area contributed by atoms with Crippen LogP contribution in [0.2, 0.25) is 0 Å². The van der Waals surface area contributed by atoms with Crippen molar-refractivity contribution in [1.29, 1.82) is 0 Å². The average Bonchev–Trinajstić information content (AvgIpc) is 2.80. The van der Waals surface area contributed by atoms with Gasteiger partial charge in [0, 0.05) is 22.5 Å². The van der Waals surface area contributed by atoms with Crippen LogP contribution in [-0.4, -0.2) is 23.4 Å². The third kappa shape index (κ3) is 3.10. The second-order valence-electron chi connectivity index (χ2n) is 6.29. The first-order chi connectivity index (χ1) is 9.43. The van der Waals surface area contributed by atoms with Crippen molar-refractivity contribution in [2.24, 2.45) is 5.41 Å². The predicted octanol–water partition coefficient (Wildman–Crippen LogP) is 3.30. The lowest BCUT2D eigenvalue weighted by Crippen LogP contribution is -2.44. The maximum atomic E-state index is 12.5. The van der Waals surface area contributed by atoms with Crippen LogP contribution in [0.4, 0.5) is 0 Å². The predicted molar refractivity (Wildman–Crippen MR) is 83.9 cm³/mol. The number of fused-ring (bicyclic) bond motifs is 1. The summed E-state index contributed by atoms with van der Waals surface area (Å²) in [6.45, 7) is 8.78. The number of para-hydroxylation sites is 1. The highest BCUT2D eigenvalue weighted by Gasteiger charge is 2.29. The minimum Gasteiger partial charge on any atom is -0.361 e. The Kier molecular flexibility index (Phi) is 4.29. The van der Waals surface area contributed by atoms with Crippen LogP contribution in [0, 0.1) is 5.41 Å². The number of likely N-dealkylation sites (N-methyl/N-ethyl adjacent to an activating group) is 1. The number of carbonyl (C=O) groups excluding carboxylic acids is 1. The van der Waals surface area contributed by atoms with E-state index in [9.17, 15) is 4.79 Å². The zero-order valence-corrected chi connectivity index (χ0v) is 12.8. The zero-order valence-electron chi connectivity index (χ0n) is 12.8. The maximum absolute atomic E-state index is 12.5. The lowest BCUT2D eigenvalue weighted by molar-refractivity contribution is -0.128. The van der Waals surface area contributed by atoms with Crippen molar-refractivity contribution < 1.29 is 4.79 Å². The number of rotatable bonds is 5. The van der Waals surface area contributed by atoms with Crippen molar-refractivity contribution in [3.63, 3.8) is 0 Å². The van der Waals surface area contributed by atoms with Gasteiger partial charge in [0.25, 0.3) is 0 Å². The Balaban J connectivity index is 2.26. The number of benzene rings is 1. The number of aromatic amines is 1. The number of hydrogen-bond donors (Lipinski definition) is 2. The summed E-state index contributed by atoms with van der Waals surface area (Å²) in [6, 6.07) is 8.09. The molecule has 1 heterocycles. The molecule has 0 fully saturated rings. The summed E-state index contributed by atoms with van der Waals surface area (Å²) in [5.74, 6) is 0.268. The lowest BCUT2D eigenvalue weighted by Gasteiger charge is -2.25. The number of H-pyrrole nitrogens is 1. The summed E-state index contributed by atoms with van der Waals surface area (Å²) in [5.41, 5.74) is 2.00. The van der Waals surface area contributed by atoms with Gasteiger partial charge in [-0.15, -0.1) is 0 Å². The van der Waals surface area contributed by atoms with E-state index in [2.05, 4.69) is 22.4 Å². The van der Waals surface area contributed by atoms with E-state index in [-0.39, 0.29) is 17.2 Å². The van der Waals surface area contributed by atoms with Crippen molar-refractivity contribution in [1.82, 2.24) is 10.3 Å². The van der Waals surface area contributed by atoms with Crippen LogP contribution in [0.1, 0.15) is 33.3 Å². The summed E-state index contributed by atoms with van der Waals surface area (Å²) in [4.78, 5) is 15.8. The quantitative estimate of drug-likeness (QED) is 0.877. The number of hydrogen-bond acceptors (Lipinski definition) is 2. The average molecular weight is 272 g/mol. The van der Waals surface area contributed by atoms with Gasteiger partial charge in [0.05, 0.1) is 6.04 Å². The summed E-state index contributed by atoms with van der Waals surface area (Å²) < 4.78 is 0. The number of ketones is 1. The third-order valence-corrected chi connectivity index (χ3v) is 3.61. The molecule has 3 heteroatoms. The Bertz CT molecular complexity index is 592. The smallest absolute Gasteiger partial charge is 0.155 e. The van der Waals surface area contributed by atoms with E-state index in [0.29, 0.717) is 0 Å². The molecule has 0 bridgehead atoms. The van der Waals surface area contributed by atoms with Crippen molar-refractivity contribution in [3.05, 3.63) is 36.0 Å². The van der Waals surface area contributed by atoms with Gasteiger partial charge in [0.2, 0.25) is 0 Å². The molecule has 0 aliphatic rings. The SMILES string of the molecule is CCNC(Cc1c[nH]c2ccccc12)C(=O)C(C)(C)C. The molecular formula is C17H24N2O. The van der Waals surface area contributed by atoms with E-state index in [4.69, 9.17) is 0 Å². The molecular weight excluding hydrogens is 248 g/mol. The molecule has 3 nitrogen and oxygen atoms in total. The highest BCUT2D eigenvalue weighted by atomic mass is 16.1. The summed E-state index contributed by atoms with van der Waals surface area (Å²) in [7, 11) is 0. The Morgan fingerprint density at radius 1 is 1.30 bits per heavy atom. The van der Waals surface area contributed by atoms with Crippen molar-refractivity contribution in [2.45, 2.75) is 40.2 Å². The van der Waals surface area contributed by atoms with Gasteiger partial charge in [0.15, 0.2) is 5.78 Å². The maximum Gasteiger partial charge on any atom is 0.155 e. The van der Waals surface area contributed by atoms with Gasteiger partial charge in [-0.05, 0) is 24.6 Å². The molecule has 1 aromatic heterocycles. The van der Waals surface area contributed by atoms with Gasteiger partial charge in [-0.25, -0.2) is 0 Å². The number of nitrogens with one attached hydrogen (secondary N) is 2. The molecule has 1 unspecified atom stereocenters. The molecule has 0 amide bonds. The van der Waals surface area contributed by atoms with Crippen molar-refractivity contribution in [3.8, 4) is 0 Å². The summed E-state index contributed by atoms with van der Waals surface area (Å²) in [5, 5.41) is 4.53. The molecule has 0 radical (unpaired) electrons. The monoisotopic (exact) mass is 272 g/mol. The first-order valence-electron chi connectivity index (χ1n) is 7.26. The molecule has 0 spiro atoms. The molecule has 0 aliphatic heterocycles. The summed E-state index contributed by atoms with van der Waals surface area (Å²) >= 11 is 0. The molecule has 2 rings (SSSR count). The van der Waals surface area contributed by atoms with Crippen LogP contribution in [0.3, 0.4) is 0 Å². The number of carbonyl (C=O) groups is 1. The van der Waals surface area contributed by atoms with Gasteiger partial charge in [-0.2, -0.15) is 0 Å². The van der Waals surface area contributed by atoms with Crippen LogP contribution >= 0.6 is 0 Å². The molecule has 1 atom stereocenters. The molecule has 0 aliphatic carbocycles. The lowest BCUT2D eigenvalue weighted by atomic mass is 9.84. The Morgan fingerprint density at radius 3 is 2.65 bits per heavy atom. The van der Waals surface area contributed by atoms with Gasteiger partial charge in [-0.1, -0.05) is 45.9 Å². The Morgan fingerprint density at radius 2 is 2.00 bits per heavy atom. The third-order valence-electron chi connectivity index (χ3n) is 3.61. The van der Waals surface area contributed by atoms with Crippen LogP contribution in [0.25, 0.3) is 10.9 Å². The number of Topliss-reactive ketones (excluding diaryl/α,β-unsaturated/α-hetero) is 1. The fourth-order valence-corrected chi connectivity index (χ4v) is 2.55. The molecule has 108 valence electrons. The minimum atomic E-state index is -0.320. The highest BCUT2D eigenvalue weighted by Crippen LogP contribution is 2.23. The van der Waals surface area contributed by atoms with E-state index >= 15 is 0 Å².